The van der Waals surface area contributed by atoms with E-state index >= 15 is 0 Å². The molecule has 1 heterocycles. The summed E-state index contributed by atoms with van der Waals surface area (Å²) in [6.45, 7) is 2.12. The van der Waals surface area contributed by atoms with E-state index in [0.717, 1.165) is 5.56 Å². The van der Waals surface area contributed by atoms with E-state index < -0.39 is 10.0 Å². The number of carbonyl (C=O) groups excluding carboxylic acids is 1. The van der Waals surface area contributed by atoms with Gasteiger partial charge in [-0.05, 0) is 48.2 Å². The van der Waals surface area contributed by atoms with Crippen LogP contribution in [0.1, 0.15) is 22.2 Å². The third kappa shape index (κ3) is 4.23. The highest BCUT2D eigenvalue weighted by Gasteiger charge is 2.27. The second-order valence-corrected chi connectivity index (χ2v) is 8.71. The Morgan fingerprint density at radius 1 is 1.07 bits per heavy atom. The number of amides is 1. The van der Waals surface area contributed by atoms with Crippen LogP contribution >= 0.6 is 11.3 Å². The first-order chi connectivity index (χ1) is 13.4. The van der Waals surface area contributed by atoms with Gasteiger partial charge >= 0.3 is 0 Å². The maximum Gasteiger partial charge on any atom is 0.264 e. The molecule has 1 aromatic heterocycles. The van der Waals surface area contributed by atoms with Crippen molar-refractivity contribution in [1.29, 1.82) is 0 Å². The summed E-state index contributed by atoms with van der Waals surface area (Å²) in [6, 6.07) is 15.6. The molecule has 0 atom stereocenters. The van der Waals surface area contributed by atoms with Crippen LogP contribution in [0.3, 0.4) is 0 Å². The molecule has 3 rings (SSSR count). The molecule has 0 unspecified atom stereocenters. The Balaban J connectivity index is 1.83. The molecule has 146 valence electrons. The molecule has 0 saturated carbocycles. The number of nitrogens with one attached hydrogen (secondary N) is 1. The SMILES string of the molecule is CCN(c1ccsc1C(=O)NCc1ccc(F)cc1)S(=O)(=O)c1ccccc1. The Kier molecular flexibility index (Phi) is 6.11. The van der Waals surface area contributed by atoms with Crippen LogP contribution in [0.15, 0.2) is 70.9 Å². The van der Waals surface area contributed by atoms with Crippen molar-refractivity contribution < 1.29 is 17.6 Å². The lowest BCUT2D eigenvalue weighted by atomic mass is 10.2. The monoisotopic (exact) mass is 418 g/mol. The van der Waals surface area contributed by atoms with Gasteiger partial charge in [-0.15, -0.1) is 11.3 Å². The largest absolute Gasteiger partial charge is 0.347 e. The predicted octanol–water partition coefficient (Wildman–Crippen LogP) is 4.03. The molecule has 5 nitrogen and oxygen atoms in total. The summed E-state index contributed by atoms with van der Waals surface area (Å²) in [7, 11) is -3.78. The van der Waals surface area contributed by atoms with Gasteiger partial charge in [0.2, 0.25) is 0 Å². The molecule has 0 spiro atoms. The fraction of sp³-hybridized carbons (Fsp3) is 0.150. The first-order valence-electron chi connectivity index (χ1n) is 8.61. The van der Waals surface area contributed by atoms with Crippen molar-refractivity contribution in [3.63, 3.8) is 0 Å². The van der Waals surface area contributed by atoms with Crippen LogP contribution in [0, 0.1) is 5.82 Å². The molecule has 0 aliphatic rings. The van der Waals surface area contributed by atoms with Gasteiger partial charge in [-0.3, -0.25) is 9.10 Å². The minimum Gasteiger partial charge on any atom is -0.347 e. The summed E-state index contributed by atoms with van der Waals surface area (Å²) in [5, 5.41) is 4.44. The normalized spacial score (nSPS) is 11.2. The number of rotatable bonds is 7. The molecule has 3 aromatic rings. The number of carbonyl (C=O) groups is 1. The highest BCUT2D eigenvalue weighted by atomic mass is 32.2. The quantitative estimate of drug-likeness (QED) is 0.630. The van der Waals surface area contributed by atoms with E-state index in [1.807, 2.05) is 0 Å². The Hall–Kier alpha value is -2.71. The van der Waals surface area contributed by atoms with Gasteiger partial charge in [0, 0.05) is 13.1 Å². The molecule has 0 radical (unpaired) electrons. The zero-order chi connectivity index (χ0) is 20.1. The van der Waals surface area contributed by atoms with Crippen LogP contribution in [0.5, 0.6) is 0 Å². The van der Waals surface area contributed by atoms with E-state index in [9.17, 15) is 17.6 Å². The Bertz CT molecular complexity index is 1050. The Morgan fingerprint density at radius 2 is 1.75 bits per heavy atom. The molecular formula is C20H19FN2O3S2. The lowest BCUT2D eigenvalue weighted by Gasteiger charge is -2.23. The minimum absolute atomic E-state index is 0.167. The van der Waals surface area contributed by atoms with E-state index in [1.54, 1.807) is 48.7 Å². The Morgan fingerprint density at radius 3 is 2.39 bits per heavy atom. The van der Waals surface area contributed by atoms with Crippen LogP contribution in [0.2, 0.25) is 0 Å². The van der Waals surface area contributed by atoms with Crippen molar-refractivity contribution in [2.45, 2.75) is 18.4 Å². The van der Waals surface area contributed by atoms with Crippen molar-refractivity contribution in [3.8, 4) is 0 Å². The van der Waals surface area contributed by atoms with Crippen molar-refractivity contribution >= 4 is 33.0 Å². The highest BCUT2D eigenvalue weighted by molar-refractivity contribution is 7.92. The van der Waals surface area contributed by atoms with Crippen LogP contribution in [-0.2, 0) is 16.6 Å². The number of nitrogens with zero attached hydrogens (tertiary/aromatic N) is 1. The fourth-order valence-electron chi connectivity index (χ4n) is 2.72. The van der Waals surface area contributed by atoms with Crippen molar-refractivity contribution in [2.24, 2.45) is 0 Å². The average Bonchev–Trinajstić information content (AvgIpc) is 3.18. The van der Waals surface area contributed by atoms with E-state index in [4.69, 9.17) is 0 Å². The van der Waals surface area contributed by atoms with Crippen LogP contribution in [0.25, 0.3) is 0 Å². The zero-order valence-electron chi connectivity index (χ0n) is 15.1. The first-order valence-corrected chi connectivity index (χ1v) is 10.9. The first kappa shape index (κ1) is 20.0. The molecule has 1 N–H and O–H groups in total. The van der Waals surface area contributed by atoms with Crippen molar-refractivity contribution in [3.05, 3.63) is 82.3 Å². The van der Waals surface area contributed by atoms with Gasteiger partial charge < -0.3 is 5.32 Å². The second kappa shape index (κ2) is 8.53. The van der Waals surface area contributed by atoms with Gasteiger partial charge in [-0.25, -0.2) is 12.8 Å². The molecular weight excluding hydrogens is 399 g/mol. The van der Waals surface area contributed by atoms with Gasteiger partial charge in [0.25, 0.3) is 15.9 Å². The van der Waals surface area contributed by atoms with Gasteiger partial charge in [0.15, 0.2) is 0 Å². The van der Waals surface area contributed by atoms with Gasteiger partial charge in [-0.2, -0.15) is 0 Å². The van der Waals surface area contributed by atoms with Crippen LogP contribution in [-0.4, -0.2) is 20.9 Å². The molecule has 0 aliphatic heterocycles. The maximum absolute atomic E-state index is 13.0. The summed E-state index contributed by atoms with van der Waals surface area (Å²) in [4.78, 5) is 13.1. The summed E-state index contributed by atoms with van der Waals surface area (Å²) in [6.07, 6.45) is 0. The van der Waals surface area contributed by atoms with Crippen molar-refractivity contribution in [2.75, 3.05) is 10.8 Å². The zero-order valence-corrected chi connectivity index (χ0v) is 16.8. The van der Waals surface area contributed by atoms with E-state index in [1.165, 1.54) is 39.9 Å². The molecule has 0 bridgehead atoms. The molecule has 1 amide bonds. The van der Waals surface area contributed by atoms with Gasteiger partial charge in [0.1, 0.15) is 10.7 Å². The predicted molar refractivity (Wildman–Crippen MR) is 109 cm³/mol. The standard InChI is InChI=1S/C20H19FN2O3S2/c1-2-23(28(25,26)17-6-4-3-5-7-17)18-12-13-27-19(18)20(24)22-14-15-8-10-16(21)11-9-15/h3-13H,2,14H2,1H3,(H,22,24). The molecule has 0 saturated heterocycles. The maximum atomic E-state index is 13.0. The number of hydrogen-bond acceptors (Lipinski definition) is 4. The fourth-order valence-corrected chi connectivity index (χ4v) is 5.10. The van der Waals surface area contributed by atoms with Crippen molar-refractivity contribution in [1.82, 2.24) is 5.32 Å². The number of benzene rings is 2. The van der Waals surface area contributed by atoms with E-state index in [0.29, 0.717) is 10.6 Å². The molecule has 8 heteroatoms. The third-order valence-electron chi connectivity index (χ3n) is 4.10. The number of thiophene rings is 1. The minimum atomic E-state index is -3.78. The average molecular weight is 419 g/mol. The number of hydrogen-bond donors (Lipinski definition) is 1. The number of anilines is 1. The van der Waals surface area contributed by atoms with Gasteiger partial charge in [0.05, 0.1) is 10.6 Å². The number of halogens is 1. The summed E-state index contributed by atoms with van der Waals surface area (Å²) >= 11 is 1.17. The number of sulfonamides is 1. The molecule has 2 aromatic carbocycles. The van der Waals surface area contributed by atoms with Crippen LogP contribution in [0.4, 0.5) is 10.1 Å². The highest BCUT2D eigenvalue weighted by Crippen LogP contribution is 2.31. The lowest BCUT2D eigenvalue weighted by Crippen LogP contribution is -2.32. The second-order valence-electron chi connectivity index (χ2n) is 5.93. The van der Waals surface area contributed by atoms with Crippen LogP contribution < -0.4 is 9.62 Å². The van der Waals surface area contributed by atoms with E-state index in [2.05, 4.69) is 5.32 Å². The summed E-state index contributed by atoms with van der Waals surface area (Å²) in [5.41, 5.74) is 1.09. The molecule has 28 heavy (non-hydrogen) atoms. The molecule has 0 fully saturated rings. The topological polar surface area (TPSA) is 66.5 Å². The Labute approximate surface area is 167 Å². The molecule has 0 aliphatic carbocycles. The summed E-state index contributed by atoms with van der Waals surface area (Å²) < 4.78 is 40.2. The smallest absolute Gasteiger partial charge is 0.264 e. The lowest BCUT2D eigenvalue weighted by molar-refractivity contribution is 0.0955. The summed E-state index contributed by atoms with van der Waals surface area (Å²) in [5.74, 6) is -0.726. The van der Waals surface area contributed by atoms with E-state index in [-0.39, 0.29) is 29.7 Å². The third-order valence-corrected chi connectivity index (χ3v) is 6.91. The van der Waals surface area contributed by atoms with Gasteiger partial charge in [-0.1, -0.05) is 30.3 Å².